The van der Waals surface area contributed by atoms with Gasteiger partial charge in [-0.1, -0.05) is 19.1 Å². The molecule has 92 valence electrons. The predicted octanol–water partition coefficient (Wildman–Crippen LogP) is 1.40. The third kappa shape index (κ3) is 2.13. The summed E-state index contributed by atoms with van der Waals surface area (Å²) in [6, 6.07) is 5.28. The van der Waals surface area contributed by atoms with Gasteiger partial charge in [0.05, 0.1) is 6.61 Å². The highest BCUT2D eigenvalue weighted by molar-refractivity contribution is 5.79. The lowest BCUT2D eigenvalue weighted by Crippen LogP contribution is -2.39. The normalized spacial score (nSPS) is 15.8. The smallest absolute Gasteiger partial charge is 0.326 e. The van der Waals surface area contributed by atoms with Crippen LogP contribution in [0.25, 0.3) is 0 Å². The summed E-state index contributed by atoms with van der Waals surface area (Å²) in [4.78, 5) is 13.1. The maximum atomic E-state index is 11.2. The van der Waals surface area contributed by atoms with Crippen molar-refractivity contribution in [3.8, 4) is 0 Å². The second kappa shape index (κ2) is 4.75. The third-order valence-electron chi connectivity index (χ3n) is 3.31. The molecule has 0 bridgehead atoms. The van der Waals surface area contributed by atoms with Gasteiger partial charge < -0.3 is 15.1 Å². The molecule has 1 unspecified atom stereocenters. The first-order valence-corrected chi connectivity index (χ1v) is 5.89. The number of rotatable bonds is 4. The molecule has 0 fully saturated rings. The Hall–Kier alpha value is -1.55. The molecule has 17 heavy (non-hydrogen) atoms. The zero-order chi connectivity index (χ0) is 12.4. The van der Waals surface area contributed by atoms with Crippen molar-refractivity contribution in [1.82, 2.24) is 0 Å². The number of aliphatic hydroxyl groups is 1. The number of hydrogen-bond acceptors (Lipinski definition) is 3. The van der Waals surface area contributed by atoms with Crippen molar-refractivity contribution < 1.29 is 15.0 Å². The van der Waals surface area contributed by atoms with Crippen LogP contribution in [0.2, 0.25) is 0 Å². The number of benzene rings is 1. The van der Waals surface area contributed by atoms with Gasteiger partial charge in [-0.15, -0.1) is 0 Å². The van der Waals surface area contributed by atoms with E-state index in [2.05, 4.69) is 0 Å². The Labute approximate surface area is 100 Å². The molecule has 1 aliphatic heterocycles. The molecule has 0 radical (unpaired) electrons. The van der Waals surface area contributed by atoms with Gasteiger partial charge in [0.25, 0.3) is 0 Å². The summed E-state index contributed by atoms with van der Waals surface area (Å²) < 4.78 is 0. The number of carboxylic acids is 1. The molecule has 1 aliphatic rings. The fourth-order valence-electron chi connectivity index (χ4n) is 2.43. The molecule has 2 rings (SSSR count). The van der Waals surface area contributed by atoms with Gasteiger partial charge in [0.2, 0.25) is 0 Å². The quantitative estimate of drug-likeness (QED) is 0.828. The SMILES string of the molecule is CCC(C(=O)O)N1CCc2cc(CO)ccc21. The summed E-state index contributed by atoms with van der Waals surface area (Å²) in [5.74, 6) is -0.772. The molecule has 0 spiro atoms. The van der Waals surface area contributed by atoms with E-state index in [4.69, 9.17) is 5.11 Å². The minimum absolute atomic E-state index is 0.0312. The van der Waals surface area contributed by atoms with E-state index in [-0.39, 0.29) is 6.61 Å². The van der Waals surface area contributed by atoms with Gasteiger partial charge in [0.1, 0.15) is 6.04 Å². The van der Waals surface area contributed by atoms with Crippen LogP contribution in [-0.4, -0.2) is 28.8 Å². The van der Waals surface area contributed by atoms with E-state index >= 15 is 0 Å². The Bertz CT molecular complexity index is 431. The molecule has 0 aromatic heterocycles. The van der Waals surface area contributed by atoms with Crippen molar-refractivity contribution in [2.24, 2.45) is 0 Å². The van der Waals surface area contributed by atoms with Gasteiger partial charge in [-0.05, 0) is 30.0 Å². The molecule has 0 saturated heterocycles. The van der Waals surface area contributed by atoms with Crippen LogP contribution in [0.15, 0.2) is 18.2 Å². The number of nitrogens with zero attached hydrogens (tertiary/aromatic N) is 1. The molecule has 1 heterocycles. The Morgan fingerprint density at radius 1 is 1.53 bits per heavy atom. The highest BCUT2D eigenvalue weighted by Crippen LogP contribution is 2.31. The number of hydrogen-bond donors (Lipinski definition) is 2. The first kappa shape index (κ1) is 11.9. The fourth-order valence-corrected chi connectivity index (χ4v) is 2.43. The van der Waals surface area contributed by atoms with Crippen LogP contribution in [-0.2, 0) is 17.8 Å². The third-order valence-corrected chi connectivity index (χ3v) is 3.31. The zero-order valence-corrected chi connectivity index (χ0v) is 9.89. The monoisotopic (exact) mass is 235 g/mol. The number of aliphatic hydroxyl groups excluding tert-OH is 1. The standard InChI is InChI=1S/C13H17NO3/c1-2-11(13(16)17)14-6-5-10-7-9(8-15)3-4-12(10)14/h3-4,7,11,15H,2,5-6,8H2,1H3,(H,16,17). The Kier molecular flexibility index (Phi) is 3.33. The van der Waals surface area contributed by atoms with Gasteiger partial charge in [0, 0.05) is 12.2 Å². The number of carboxylic acid groups (broad SMARTS) is 1. The number of carbonyl (C=O) groups is 1. The molecule has 4 nitrogen and oxygen atoms in total. The maximum absolute atomic E-state index is 11.2. The van der Waals surface area contributed by atoms with Crippen molar-refractivity contribution in [2.45, 2.75) is 32.4 Å². The van der Waals surface area contributed by atoms with Gasteiger partial charge >= 0.3 is 5.97 Å². The average Bonchev–Trinajstić information content (AvgIpc) is 2.73. The summed E-state index contributed by atoms with van der Waals surface area (Å²) in [6.45, 7) is 2.66. The molecule has 1 atom stereocenters. The summed E-state index contributed by atoms with van der Waals surface area (Å²) in [6.07, 6.45) is 1.45. The van der Waals surface area contributed by atoms with E-state index < -0.39 is 12.0 Å². The molecule has 0 saturated carbocycles. The number of fused-ring (bicyclic) bond motifs is 1. The molecule has 4 heteroatoms. The first-order valence-electron chi connectivity index (χ1n) is 5.89. The highest BCUT2D eigenvalue weighted by Gasteiger charge is 2.29. The van der Waals surface area contributed by atoms with Gasteiger partial charge in [-0.25, -0.2) is 4.79 Å². The lowest BCUT2D eigenvalue weighted by atomic mass is 10.1. The first-order chi connectivity index (χ1) is 8.17. The molecule has 0 amide bonds. The fraction of sp³-hybridized carbons (Fsp3) is 0.462. The summed E-state index contributed by atoms with van der Waals surface area (Å²) in [7, 11) is 0. The van der Waals surface area contributed by atoms with Crippen LogP contribution in [0, 0.1) is 0 Å². The molecule has 0 aliphatic carbocycles. The van der Waals surface area contributed by atoms with Crippen LogP contribution in [0.1, 0.15) is 24.5 Å². The van der Waals surface area contributed by atoms with Crippen LogP contribution >= 0.6 is 0 Å². The second-order valence-corrected chi connectivity index (χ2v) is 4.33. The zero-order valence-electron chi connectivity index (χ0n) is 9.89. The van der Waals surface area contributed by atoms with Crippen molar-refractivity contribution in [3.63, 3.8) is 0 Å². The van der Waals surface area contributed by atoms with Crippen LogP contribution < -0.4 is 4.90 Å². The van der Waals surface area contributed by atoms with Crippen molar-refractivity contribution in [1.29, 1.82) is 0 Å². The number of aliphatic carboxylic acids is 1. The molecular weight excluding hydrogens is 218 g/mol. The average molecular weight is 235 g/mol. The summed E-state index contributed by atoms with van der Waals surface area (Å²) in [5.41, 5.74) is 3.02. The molecule has 2 N–H and O–H groups in total. The van der Waals surface area contributed by atoms with E-state index in [0.717, 1.165) is 29.8 Å². The van der Waals surface area contributed by atoms with Gasteiger partial charge in [-0.2, -0.15) is 0 Å². The minimum atomic E-state index is -0.772. The topological polar surface area (TPSA) is 60.8 Å². The Morgan fingerprint density at radius 3 is 2.88 bits per heavy atom. The van der Waals surface area contributed by atoms with E-state index in [9.17, 15) is 9.90 Å². The molecular formula is C13H17NO3. The minimum Gasteiger partial charge on any atom is -0.480 e. The lowest BCUT2D eigenvalue weighted by Gasteiger charge is -2.26. The van der Waals surface area contributed by atoms with Crippen LogP contribution in [0.4, 0.5) is 5.69 Å². The Balaban J connectivity index is 2.30. The maximum Gasteiger partial charge on any atom is 0.326 e. The largest absolute Gasteiger partial charge is 0.480 e. The lowest BCUT2D eigenvalue weighted by molar-refractivity contribution is -0.138. The van der Waals surface area contributed by atoms with Crippen molar-refractivity contribution >= 4 is 11.7 Å². The van der Waals surface area contributed by atoms with E-state index in [1.165, 1.54) is 0 Å². The van der Waals surface area contributed by atoms with E-state index in [1.54, 1.807) is 0 Å². The predicted molar refractivity (Wildman–Crippen MR) is 65.1 cm³/mol. The van der Waals surface area contributed by atoms with Crippen molar-refractivity contribution in [3.05, 3.63) is 29.3 Å². The van der Waals surface area contributed by atoms with E-state index in [0.29, 0.717) is 6.42 Å². The summed E-state index contributed by atoms with van der Waals surface area (Å²) in [5, 5.41) is 18.2. The highest BCUT2D eigenvalue weighted by atomic mass is 16.4. The van der Waals surface area contributed by atoms with Crippen LogP contribution in [0.3, 0.4) is 0 Å². The Morgan fingerprint density at radius 2 is 2.29 bits per heavy atom. The number of anilines is 1. The van der Waals surface area contributed by atoms with Gasteiger partial charge in [-0.3, -0.25) is 0 Å². The summed E-state index contributed by atoms with van der Waals surface area (Å²) >= 11 is 0. The second-order valence-electron chi connectivity index (χ2n) is 4.33. The van der Waals surface area contributed by atoms with Crippen molar-refractivity contribution in [2.75, 3.05) is 11.4 Å². The van der Waals surface area contributed by atoms with Crippen LogP contribution in [0.5, 0.6) is 0 Å². The van der Waals surface area contributed by atoms with Gasteiger partial charge in [0.15, 0.2) is 0 Å². The molecule has 1 aromatic rings. The van der Waals surface area contributed by atoms with E-state index in [1.807, 2.05) is 30.0 Å². The molecule has 1 aromatic carbocycles.